The molecule has 0 saturated carbocycles. The van der Waals surface area contributed by atoms with Gasteiger partial charge in [-0.1, -0.05) is 6.92 Å². The average Bonchev–Trinajstić information content (AvgIpc) is 3.39. The molecule has 0 radical (unpaired) electrons. The quantitative estimate of drug-likeness (QED) is 0.366. The van der Waals surface area contributed by atoms with Crippen LogP contribution in [0.1, 0.15) is 30.7 Å². The first-order chi connectivity index (χ1) is 15.9. The maximum atomic E-state index is 13.0. The number of carbonyl (C=O) groups excluding carboxylic acids is 1. The average molecular weight is 474 g/mol. The Kier molecular flexibility index (Phi) is 6.96. The Morgan fingerprint density at radius 1 is 1.21 bits per heavy atom. The number of morpholine rings is 1. The summed E-state index contributed by atoms with van der Waals surface area (Å²) in [5.74, 6) is 1.36. The lowest BCUT2D eigenvalue weighted by atomic mass is 10.3. The van der Waals surface area contributed by atoms with Gasteiger partial charge in [0.05, 0.1) is 29.1 Å². The topological polar surface area (TPSA) is 104 Å². The van der Waals surface area contributed by atoms with Crippen LogP contribution in [0.2, 0.25) is 0 Å². The fourth-order valence-corrected chi connectivity index (χ4v) is 5.14. The molecule has 3 aromatic rings. The van der Waals surface area contributed by atoms with Crippen molar-refractivity contribution in [1.29, 1.82) is 0 Å². The smallest absolute Gasteiger partial charge is 0.331 e. The summed E-state index contributed by atoms with van der Waals surface area (Å²) in [7, 11) is -3.63. The molecule has 0 N–H and O–H groups in total. The van der Waals surface area contributed by atoms with E-state index < -0.39 is 16.0 Å². The summed E-state index contributed by atoms with van der Waals surface area (Å²) in [6, 6.07) is 8.52. The molecule has 1 aliphatic rings. The molecule has 33 heavy (non-hydrogen) atoms. The third kappa shape index (κ3) is 5.18. The summed E-state index contributed by atoms with van der Waals surface area (Å²) in [6.07, 6.45) is 3.70. The number of ether oxygens (including phenoxy) is 2. The number of aryl methyl sites for hydroxylation is 2. The molecule has 0 unspecified atom stereocenters. The number of carbonyl (C=O) groups is 1. The number of hydrogen-bond acceptors (Lipinski definition) is 7. The number of hydrogen-bond donors (Lipinski definition) is 0. The van der Waals surface area contributed by atoms with Crippen LogP contribution in [-0.2, 0) is 37.4 Å². The first-order valence-electron chi connectivity index (χ1n) is 10.9. The van der Waals surface area contributed by atoms with Gasteiger partial charge in [-0.15, -0.1) is 0 Å². The highest BCUT2D eigenvalue weighted by Crippen LogP contribution is 2.24. The predicted octanol–water partition coefficient (Wildman–Crippen LogP) is 3.13. The minimum absolute atomic E-state index is 0.0272. The standard InChI is InChI=1S/C23H27N3O6S/c1-3-10-26-21-8-7-19(33(28,29)25-11-13-30-14-12-25)15-20(21)24-22(26)16-31-23(27)9-6-18-5-4-17(2)32-18/h4-9,15H,3,10-14,16H2,1-2H3/b9-6+. The number of imidazole rings is 1. The highest BCUT2D eigenvalue weighted by atomic mass is 32.2. The van der Waals surface area contributed by atoms with Crippen LogP contribution in [0.5, 0.6) is 0 Å². The van der Waals surface area contributed by atoms with Gasteiger partial charge in [0.15, 0.2) is 0 Å². The molecule has 176 valence electrons. The summed E-state index contributed by atoms with van der Waals surface area (Å²) >= 11 is 0. The molecule has 1 aliphatic heterocycles. The van der Waals surface area contributed by atoms with Gasteiger partial charge in [-0.3, -0.25) is 0 Å². The van der Waals surface area contributed by atoms with E-state index in [9.17, 15) is 13.2 Å². The van der Waals surface area contributed by atoms with E-state index in [1.807, 2.05) is 24.5 Å². The zero-order valence-electron chi connectivity index (χ0n) is 18.7. The largest absolute Gasteiger partial charge is 0.462 e. The van der Waals surface area contributed by atoms with Crippen molar-refractivity contribution in [3.63, 3.8) is 0 Å². The van der Waals surface area contributed by atoms with Gasteiger partial charge in [-0.2, -0.15) is 4.31 Å². The van der Waals surface area contributed by atoms with Crippen molar-refractivity contribution in [1.82, 2.24) is 13.9 Å². The Morgan fingerprint density at radius 2 is 2.00 bits per heavy atom. The van der Waals surface area contributed by atoms with E-state index in [-0.39, 0.29) is 11.5 Å². The number of nitrogens with zero attached hydrogens (tertiary/aromatic N) is 3. The Labute approximate surface area is 192 Å². The molecule has 3 heterocycles. The van der Waals surface area contributed by atoms with Crippen LogP contribution in [0, 0.1) is 6.92 Å². The number of furan rings is 1. The van der Waals surface area contributed by atoms with Gasteiger partial charge >= 0.3 is 5.97 Å². The van der Waals surface area contributed by atoms with Gasteiger partial charge < -0.3 is 18.5 Å². The highest BCUT2D eigenvalue weighted by Gasteiger charge is 2.27. The Bertz CT molecular complexity index is 1270. The lowest BCUT2D eigenvalue weighted by molar-refractivity contribution is -0.139. The van der Waals surface area contributed by atoms with Crippen LogP contribution in [0.25, 0.3) is 17.1 Å². The molecule has 1 fully saturated rings. The molecule has 0 atom stereocenters. The van der Waals surface area contributed by atoms with Crippen LogP contribution < -0.4 is 0 Å². The molecule has 2 aromatic heterocycles. The number of aromatic nitrogens is 2. The van der Waals surface area contributed by atoms with Crippen LogP contribution in [-0.4, -0.2) is 54.5 Å². The second-order valence-corrected chi connectivity index (χ2v) is 9.67. The Balaban J connectivity index is 1.54. The zero-order valence-corrected chi connectivity index (χ0v) is 19.5. The summed E-state index contributed by atoms with van der Waals surface area (Å²) in [6.45, 7) is 5.93. The van der Waals surface area contributed by atoms with E-state index in [2.05, 4.69) is 4.98 Å². The minimum atomic E-state index is -3.63. The second kappa shape index (κ2) is 9.90. The molecular weight excluding hydrogens is 446 g/mol. The second-order valence-electron chi connectivity index (χ2n) is 7.74. The van der Waals surface area contributed by atoms with Gasteiger partial charge in [-0.25, -0.2) is 18.2 Å². The lowest BCUT2D eigenvalue weighted by Gasteiger charge is -2.26. The zero-order chi connectivity index (χ0) is 23.4. The monoisotopic (exact) mass is 473 g/mol. The molecule has 10 heteroatoms. The third-order valence-corrected chi connectivity index (χ3v) is 7.24. The number of sulfonamides is 1. The number of rotatable bonds is 8. The summed E-state index contributed by atoms with van der Waals surface area (Å²) in [4.78, 5) is 16.9. The molecule has 0 aliphatic carbocycles. The van der Waals surface area contributed by atoms with Gasteiger partial charge in [0.1, 0.15) is 24.0 Å². The van der Waals surface area contributed by atoms with Crippen molar-refractivity contribution in [2.45, 2.75) is 38.3 Å². The van der Waals surface area contributed by atoms with E-state index in [0.29, 0.717) is 49.9 Å². The molecule has 0 amide bonds. The fourth-order valence-electron chi connectivity index (χ4n) is 3.72. The maximum Gasteiger partial charge on any atom is 0.331 e. The van der Waals surface area contributed by atoms with E-state index in [1.165, 1.54) is 10.4 Å². The van der Waals surface area contributed by atoms with Crippen molar-refractivity contribution in [3.8, 4) is 0 Å². The van der Waals surface area contributed by atoms with E-state index in [0.717, 1.165) is 17.7 Å². The number of benzene rings is 1. The molecule has 0 spiro atoms. The molecule has 0 bridgehead atoms. The summed E-state index contributed by atoms with van der Waals surface area (Å²) in [5, 5.41) is 0. The van der Waals surface area contributed by atoms with Crippen molar-refractivity contribution in [3.05, 3.63) is 53.8 Å². The molecule has 1 aromatic carbocycles. The van der Waals surface area contributed by atoms with Crippen molar-refractivity contribution in [2.75, 3.05) is 26.3 Å². The van der Waals surface area contributed by atoms with Gasteiger partial charge in [0.2, 0.25) is 10.0 Å². The number of esters is 1. The molecule has 4 rings (SSSR count). The first-order valence-corrected chi connectivity index (χ1v) is 12.3. The lowest BCUT2D eigenvalue weighted by Crippen LogP contribution is -2.40. The van der Waals surface area contributed by atoms with Gasteiger partial charge in [0.25, 0.3) is 0 Å². The first kappa shape index (κ1) is 23.2. The fraction of sp³-hybridized carbons (Fsp3) is 0.391. The Morgan fingerprint density at radius 3 is 2.70 bits per heavy atom. The molecule has 1 saturated heterocycles. The summed E-state index contributed by atoms with van der Waals surface area (Å²) in [5.41, 5.74) is 1.34. The van der Waals surface area contributed by atoms with Crippen molar-refractivity contribution < 1.29 is 27.1 Å². The van der Waals surface area contributed by atoms with Crippen LogP contribution in [0.3, 0.4) is 0 Å². The third-order valence-electron chi connectivity index (χ3n) is 5.34. The molecular formula is C23H27N3O6S. The van der Waals surface area contributed by atoms with Gasteiger partial charge in [-0.05, 0) is 49.8 Å². The van der Waals surface area contributed by atoms with E-state index in [4.69, 9.17) is 13.9 Å². The van der Waals surface area contributed by atoms with Crippen LogP contribution in [0.15, 0.2) is 45.7 Å². The SMILES string of the molecule is CCCn1c(COC(=O)/C=C/c2ccc(C)o2)nc2cc(S(=O)(=O)N3CCOCC3)ccc21. The normalized spacial score (nSPS) is 15.5. The highest BCUT2D eigenvalue weighted by molar-refractivity contribution is 7.89. The van der Waals surface area contributed by atoms with Gasteiger partial charge in [0, 0.05) is 25.7 Å². The maximum absolute atomic E-state index is 13.0. The van der Waals surface area contributed by atoms with E-state index >= 15 is 0 Å². The van der Waals surface area contributed by atoms with Crippen molar-refractivity contribution >= 4 is 33.1 Å². The Hall–Kier alpha value is -2.95. The number of fused-ring (bicyclic) bond motifs is 1. The predicted molar refractivity (Wildman–Crippen MR) is 122 cm³/mol. The minimum Gasteiger partial charge on any atom is -0.462 e. The van der Waals surface area contributed by atoms with Crippen molar-refractivity contribution in [2.24, 2.45) is 0 Å². The van der Waals surface area contributed by atoms with E-state index in [1.54, 1.807) is 30.3 Å². The van der Waals surface area contributed by atoms with Crippen LogP contribution in [0.4, 0.5) is 0 Å². The summed E-state index contributed by atoms with van der Waals surface area (Å²) < 4.78 is 45.4. The van der Waals surface area contributed by atoms with Crippen LogP contribution >= 0.6 is 0 Å². The molecule has 9 nitrogen and oxygen atoms in total.